The van der Waals surface area contributed by atoms with Crippen LogP contribution in [0.3, 0.4) is 0 Å². The third-order valence-corrected chi connectivity index (χ3v) is 3.45. The molecule has 0 spiro atoms. The highest BCUT2D eigenvalue weighted by Gasteiger charge is 2.23. The lowest BCUT2D eigenvalue weighted by atomic mass is 10.1. The van der Waals surface area contributed by atoms with Gasteiger partial charge in [0.2, 0.25) is 5.56 Å². The largest absolute Gasteiger partial charge is 0.344 e. The van der Waals surface area contributed by atoms with Crippen molar-refractivity contribution in [2.75, 3.05) is 0 Å². The van der Waals surface area contributed by atoms with Gasteiger partial charge in [-0.2, -0.15) is 0 Å². The molecule has 19 heavy (non-hydrogen) atoms. The van der Waals surface area contributed by atoms with Gasteiger partial charge in [0, 0.05) is 6.07 Å². The van der Waals surface area contributed by atoms with Crippen LogP contribution in [0.25, 0.3) is 0 Å². The smallest absolute Gasteiger partial charge is 0.268 e. The van der Waals surface area contributed by atoms with Crippen LogP contribution in [0.15, 0.2) is 47.3 Å². The summed E-state index contributed by atoms with van der Waals surface area (Å²) in [5.41, 5.74) is 2.50. The average Bonchev–Trinajstić information content (AvgIpc) is 2.82. The first kappa shape index (κ1) is 11.7. The number of benzene rings is 1. The highest BCUT2D eigenvalue weighted by molar-refractivity contribution is 5.92. The molecule has 0 fully saturated rings. The second-order valence-electron chi connectivity index (χ2n) is 4.69. The summed E-state index contributed by atoms with van der Waals surface area (Å²) in [7, 11) is 0. The molecular formula is C15H14N2O2. The molecule has 1 atom stereocenters. The molecule has 1 aromatic carbocycles. The number of aromatic nitrogens is 1. The first-order valence-corrected chi connectivity index (χ1v) is 6.32. The number of hydrogen-bond donors (Lipinski definition) is 2. The van der Waals surface area contributed by atoms with Gasteiger partial charge in [0.25, 0.3) is 5.91 Å². The van der Waals surface area contributed by atoms with Crippen LogP contribution in [-0.2, 0) is 6.42 Å². The molecule has 0 saturated carbocycles. The first-order chi connectivity index (χ1) is 9.24. The van der Waals surface area contributed by atoms with Crippen molar-refractivity contribution in [3.05, 3.63) is 69.6 Å². The van der Waals surface area contributed by atoms with E-state index in [-0.39, 0.29) is 17.5 Å². The van der Waals surface area contributed by atoms with Crippen LogP contribution in [-0.4, -0.2) is 10.9 Å². The summed E-state index contributed by atoms with van der Waals surface area (Å²) in [6, 6.07) is 12.7. The predicted molar refractivity (Wildman–Crippen MR) is 72.0 cm³/mol. The van der Waals surface area contributed by atoms with Gasteiger partial charge in [-0.1, -0.05) is 30.3 Å². The van der Waals surface area contributed by atoms with Crippen LogP contribution in [0.1, 0.15) is 34.1 Å². The van der Waals surface area contributed by atoms with Gasteiger partial charge in [-0.3, -0.25) is 9.59 Å². The topological polar surface area (TPSA) is 62.0 Å². The van der Waals surface area contributed by atoms with Crippen LogP contribution in [0.2, 0.25) is 0 Å². The van der Waals surface area contributed by atoms with E-state index in [1.807, 2.05) is 18.2 Å². The van der Waals surface area contributed by atoms with E-state index < -0.39 is 0 Å². The van der Waals surface area contributed by atoms with Gasteiger partial charge in [-0.25, -0.2) is 0 Å². The fourth-order valence-corrected chi connectivity index (χ4v) is 2.52. The molecule has 1 amide bonds. The van der Waals surface area contributed by atoms with Crippen molar-refractivity contribution in [3.8, 4) is 0 Å². The number of nitrogens with one attached hydrogen (secondary N) is 2. The molecule has 3 rings (SSSR count). The minimum absolute atomic E-state index is 0.0346. The Hall–Kier alpha value is -2.36. The Morgan fingerprint density at radius 3 is 2.84 bits per heavy atom. The quantitative estimate of drug-likeness (QED) is 0.858. The van der Waals surface area contributed by atoms with E-state index in [0.29, 0.717) is 5.69 Å². The number of amides is 1. The Balaban J connectivity index is 1.80. The summed E-state index contributed by atoms with van der Waals surface area (Å²) in [5, 5.41) is 2.97. The highest BCUT2D eigenvalue weighted by Crippen LogP contribution is 2.30. The predicted octanol–water partition coefficient (Wildman–Crippen LogP) is 1.79. The Morgan fingerprint density at radius 1 is 1.16 bits per heavy atom. The zero-order valence-corrected chi connectivity index (χ0v) is 10.3. The molecule has 1 aliphatic rings. The summed E-state index contributed by atoms with van der Waals surface area (Å²) < 4.78 is 0. The van der Waals surface area contributed by atoms with Crippen LogP contribution < -0.4 is 10.9 Å². The Labute approximate surface area is 110 Å². The van der Waals surface area contributed by atoms with Gasteiger partial charge < -0.3 is 10.3 Å². The monoisotopic (exact) mass is 254 g/mol. The minimum atomic E-state index is -0.264. The first-order valence-electron chi connectivity index (χ1n) is 6.32. The zero-order valence-electron chi connectivity index (χ0n) is 10.3. The SMILES string of the molecule is O=C(NC1CCc2ccccc21)c1cccc(=O)[nH]1. The van der Waals surface area contributed by atoms with E-state index in [2.05, 4.69) is 16.4 Å². The molecule has 0 aliphatic heterocycles. The molecule has 96 valence electrons. The van der Waals surface area contributed by atoms with E-state index >= 15 is 0 Å². The van der Waals surface area contributed by atoms with E-state index in [0.717, 1.165) is 12.8 Å². The maximum atomic E-state index is 12.1. The summed E-state index contributed by atoms with van der Waals surface area (Å²) in [6.07, 6.45) is 1.88. The van der Waals surface area contributed by atoms with E-state index in [1.54, 1.807) is 12.1 Å². The average molecular weight is 254 g/mol. The zero-order chi connectivity index (χ0) is 13.2. The number of hydrogen-bond acceptors (Lipinski definition) is 2. The van der Waals surface area contributed by atoms with E-state index in [1.165, 1.54) is 17.2 Å². The van der Waals surface area contributed by atoms with Crippen molar-refractivity contribution >= 4 is 5.91 Å². The maximum Gasteiger partial charge on any atom is 0.268 e. The van der Waals surface area contributed by atoms with Gasteiger partial charge >= 0.3 is 0 Å². The summed E-state index contributed by atoms with van der Waals surface area (Å²) in [4.78, 5) is 25.8. The molecule has 0 saturated heterocycles. The van der Waals surface area contributed by atoms with Crippen molar-refractivity contribution in [2.45, 2.75) is 18.9 Å². The van der Waals surface area contributed by atoms with Crippen LogP contribution in [0.5, 0.6) is 0 Å². The Morgan fingerprint density at radius 2 is 2.00 bits per heavy atom. The minimum Gasteiger partial charge on any atom is -0.344 e. The van der Waals surface area contributed by atoms with Crippen molar-refractivity contribution in [1.82, 2.24) is 10.3 Å². The van der Waals surface area contributed by atoms with Gasteiger partial charge in [-0.05, 0) is 30.0 Å². The number of pyridine rings is 1. The highest BCUT2D eigenvalue weighted by atomic mass is 16.2. The molecular weight excluding hydrogens is 240 g/mol. The Bertz CT molecular complexity index is 676. The molecule has 1 heterocycles. The molecule has 4 heteroatoms. The van der Waals surface area contributed by atoms with Crippen LogP contribution in [0.4, 0.5) is 0 Å². The van der Waals surface area contributed by atoms with Crippen LogP contribution in [0, 0.1) is 0 Å². The van der Waals surface area contributed by atoms with E-state index in [9.17, 15) is 9.59 Å². The number of aryl methyl sites for hydroxylation is 1. The molecule has 1 unspecified atom stereocenters. The second kappa shape index (κ2) is 4.72. The normalized spacial score (nSPS) is 16.9. The standard InChI is InChI=1S/C15H14N2O2/c18-14-7-3-6-13(16-14)15(19)17-12-9-8-10-4-1-2-5-11(10)12/h1-7,12H,8-9H2,(H,16,18)(H,17,19). The molecule has 0 radical (unpaired) electrons. The number of rotatable bonds is 2. The Kier molecular flexibility index (Phi) is 2.91. The summed E-state index contributed by atoms with van der Waals surface area (Å²) in [6.45, 7) is 0. The van der Waals surface area contributed by atoms with E-state index in [4.69, 9.17) is 0 Å². The summed E-state index contributed by atoms with van der Waals surface area (Å²) >= 11 is 0. The van der Waals surface area contributed by atoms with Gasteiger partial charge in [0.15, 0.2) is 0 Å². The summed E-state index contributed by atoms with van der Waals surface area (Å²) in [5.74, 6) is -0.237. The maximum absolute atomic E-state index is 12.1. The van der Waals surface area contributed by atoms with Crippen LogP contribution >= 0.6 is 0 Å². The number of carbonyl (C=O) groups is 1. The van der Waals surface area contributed by atoms with Crippen molar-refractivity contribution in [3.63, 3.8) is 0 Å². The lowest BCUT2D eigenvalue weighted by Gasteiger charge is -2.13. The molecule has 1 aromatic heterocycles. The fourth-order valence-electron chi connectivity index (χ4n) is 2.52. The fraction of sp³-hybridized carbons (Fsp3) is 0.200. The molecule has 2 N–H and O–H groups in total. The number of carbonyl (C=O) groups excluding carboxylic acids is 1. The molecule has 4 nitrogen and oxygen atoms in total. The molecule has 0 bridgehead atoms. The van der Waals surface area contributed by atoms with Crippen molar-refractivity contribution in [2.24, 2.45) is 0 Å². The molecule has 2 aromatic rings. The third kappa shape index (κ3) is 2.29. The number of H-pyrrole nitrogens is 1. The third-order valence-electron chi connectivity index (χ3n) is 3.45. The van der Waals surface area contributed by atoms with Crippen molar-refractivity contribution in [1.29, 1.82) is 0 Å². The van der Waals surface area contributed by atoms with Crippen molar-refractivity contribution < 1.29 is 4.79 Å². The lowest BCUT2D eigenvalue weighted by molar-refractivity contribution is 0.0931. The van der Waals surface area contributed by atoms with Gasteiger partial charge in [0.05, 0.1) is 6.04 Å². The second-order valence-corrected chi connectivity index (χ2v) is 4.69. The van der Waals surface area contributed by atoms with Gasteiger partial charge in [-0.15, -0.1) is 0 Å². The lowest BCUT2D eigenvalue weighted by Crippen LogP contribution is -2.29. The number of aromatic amines is 1. The number of fused-ring (bicyclic) bond motifs is 1. The van der Waals surface area contributed by atoms with Gasteiger partial charge in [0.1, 0.15) is 5.69 Å². The molecule has 1 aliphatic carbocycles.